The molecular formula is C12H14N2OS. The Bertz CT molecular complexity index is 551. The summed E-state index contributed by atoms with van der Waals surface area (Å²) in [5.41, 5.74) is 0.870. The zero-order valence-corrected chi connectivity index (χ0v) is 9.85. The van der Waals surface area contributed by atoms with Gasteiger partial charge < -0.3 is 4.98 Å². The molecule has 0 bridgehead atoms. The van der Waals surface area contributed by atoms with E-state index in [1.54, 1.807) is 0 Å². The molecule has 0 amide bonds. The van der Waals surface area contributed by atoms with E-state index in [0.717, 1.165) is 28.4 Å². The van der Waals surface area contributed by atoms with Crippen LogP contribution in [0.1, 0.15) is 31.5 Å². The number of hydrogen-bond acceptors (Lipinski definition) is 3. The van der Waals surface area contributed by atoms with E-state index in [0.29, 0.717) is 0 Å². The number of aromatic nitrogens is 2. The highest BCUT2D eigenvalue weighted by atomic mass is 32.1. The molecule has 2 aromatic rings. The predicted molar refractivity (Wildman–Crippen MR) is 65.9 cm³/mol. The third-order valence-corrected chi connectivity index (χ3v) is 4.22. The molecule has 1 saturated carbocycles. The second-order valence-electron chi connectivity index (χ2n) is 4.50. The van der Waals surface area contributed by atoms with Crippen LogP contribution in [-0.4, -0.2) is 9.97 Å². The molecule has 0 atom stereocenters. The van der Waals surface area contributed by atoms with E-state index in [-0.39, 0.29) is 5.56 Å². The van der Waals surface area contributed by atoms with Crippen molar-refractivity contribution in [3.05, 3.63) is 27.6 Å². The van der Waals surface area contributed by atoms with Crippen molar-refractivity contribution in [2.45, 2.75) is 32.1 Å². The third kappa shape index (κ3) is 1.78. The Kier molecular flexibility index (Phi) is 2.52. The Labute approximate surface area is 97.5 Å². The summed E-state index contributed by atoms with van der Waals surface area (Å²) in [6, 6.07) is 1.92. The molecule has 3 nitrogen and oxygen atoms in total. The lowest BCUT2D eigenvalue weighted by Gasteiger charge is -2.07. The van der Waals surface area contributed by atoms with Gasteiger partial charge in [0.05, 0.1) is 5.52 Å². The van der Waals surface area contributed by atoms with Crippen LogP contribution < -0.4 is 5.56 Å². The SMILES string of the molecule is O=c1[nH]c(CC2CCCC2)nc2ccsc12. The molecule has 2 heterocycles. The molecule has 16 heavy (non-hydrogen) atoms. The van der Waals surface area contributed by atoms with Crippen LogP contribution in [0.5, 0.6) is 0 Å². The van der Waals surface area contributed by atoms with Crippen molar-refractivity contribution in [2.75, 3.05) is 0 Å². The van der Waals surface area contributed by atoms with E-state index in [9.17, 15) is 4.79 Å². The number of fused-ring (bicyclic) bond motifs is 1. The summed E-state index contributed by atoms with van der Waals surface area (Å²) < 4.78 is 0.746. The number of nitrogens with one attached hydrogen (secondary N) is 1. The topological polar surface area (TPSA) is 45.8 Å². The van der Waals surface area contributed by atoms with Crippen molar-refractivity contribution in [2.24, 2.45) is 5.92 Å². The maximum Gasteiger partial charge on any atom is 0.268 e. The molecule has 1 fully saturated rings. The zero-order chi connectivity index (χ0) is 11.0. The number of rotatable bonds is 2. The van der Waals surface area contributed by atoms with Gasteiger partial charge in [0.2, 0.25) is 0 Å². The van der Waals surface area contributed by atoms with E-state index >= 15 is 0 Å². The van der Waals surface area contributed by atoms with Crippen molar-refractivity contribution in [3.63, 3.8) is 0 Å². The van der Waals surface area contributed by atoms with Gasteiger partial charge in [0.1, 0.15) is 10.5 Å². The van der Waals surface area contributed by atoms with E-state index < -0.39 is 0 Å². The Balaban J connectivity index is 1.94. The van der Waals surface area contributed by atoms with Gasteiger partial charge in [-0.2, -0.15) is 0 Å². The summed E-state index contributed by atoms with van der Waals surface area (Å²) >= 11 is 1.46. The van der Waals surface area contributed by atoms with Crippen LogP contribution in [0.25, 0.3) is 10.2 Å². The van der Waals surface area contributed by atoms with Crippen LogP contribution in [0.4, 0.5) is 0 Å². The van der Waals surface area contributed by atoms with Gasteiger partial charge in [0.15, 0.2) is 0 Å². The van der Waals surface area contributed by atoms with Gasteiger partial charge in [0.25, 0.3) is 5.56 Å². The minimum Gasteiger partial charge on any atom is -0.309 e. The van der Waals surface area contributed by atoms with Crippen LogP contribution >= 0.6 is 11.3 Å². The Morgan fingerprint density at radius 2 is 2.25 bits per heavy atom. The van der Waals surface area contributed by atoms with E-state index in [1.807, 2.05) is 11.4 Å². The molecule has 0 unspecified atom stereocenters. The summed E-state index contributed by atoms with van der Waals surface area (Å²) in [5.74, 6) is 1.59. The molecule has 0 aliphatic heterocycles. The molecule has 0 spiro atoms. The molecule has 1 aliphatic carbocycles. The summed E-state index contributed by atoms with van der Waals surface area (Å²) in [5, 5.41) is 1.92. The first-order chi connectivity index (χ1) is 7.83. The quantitative estimate of drug-likeness (QED) is 0.868. The predicted octanol–water partition coefficient (Wildman–Crippen LogP) is 2.72. The average Bonchev–Trinajstić information content (AvgIpc) is 2.87. The fourth-order valence-electron chi connectivity index (χ4n) is 2.51. The minimum atomic E-state index is 0.0213. The van der Waals surface area contributed by atoms with Gasteiger partial charge in [0, 0.05) is 6.42 Å². The van der Waals surface area contributed by atoms with Crippen molar-refractivity contribution >= 4 is 21.6 Å². The molecule has 4 heteroatoms. The van der Waals surface area contributed by atoms with E-state index in [1.165, 1.54) is 37.0 Å². The number of nitrogens with zero attached hydrogens (tertiary/aromatic N) is 1. The van der Waals surface area contributed by atoms with Crippen molar-refractivity contribution in [3.8, 4) is 0 Å². The Morgan fingerprint density at radius 3 is 3.06 bits per heavy atom. The highest BCUT2D eigenvalue weighted by Crippen LogP contribution is 2.27. The van der Waals surface area contributed by atoms with Crippen LogP contribution in [0.3, 0.4) is 0 Å². The highest BCUT2D eigenvalue weighted by molar-refractivity contribution is 7.17. The van der Waals surface area contributed by atoms with Gasteiger partial charge in [-0.05, 0) is 17.4 Å². The number of aromatic amines is 1. The number of H-pyrrole nitrogens is 1. The van der Waals surface area contributed by atoms with E-state index in [2.05, 4.69) is 9.97 Å². The Morgan fingerprint density at radius 1 is 1.44 bits per heavy atom. The Hall–Kier alpha value is -1.16. The summed E-state index contributed by atoms with van der Waals surface area (Å²) in [6.45, 7) is 0. The zero-order valence-electron chi connectivity index (χ0n) is 9.03. The monoisotopic (exact) mass is 234 g/mol. The van der Waals surface area contributed by atoms with Crippen molar-refractivity contribution in [1.82, 2.24) is 9.97 Å². The number of hydrogen-bond donors (Lipinski definition) is 1. The largest absolute Gasteiger partial charge is 0.309 e. The lowest BCUT2D eigenvalue weighted by atomic mass is 10.0. The van der Waals surface area contributed by atoms with Gasteiger partial charge in [-0.1, -0.05) is 25.7 Å². The molecule has 84 valence electrons. The number of thiophene rings is 1. The second-order valence-corrected chi connectivity index (χ2v) is 5.42. The smallest absolute Gasteiger partial charge is 0.268 e. The standard InChI is InChI=1S/C12H14N2OS/c15-12-11-9(5-6-16-11)13-10(14-12)7-8-3-1-2-4-8/h5-6,8H,1-4,7H2,(H,13,14,15). The third-order valence-electron chi connectivity index (χ3n) is 3.32. The highest BCUT2D eigenvalue weighted by Gasteiger charge is 2.17. The lowest BCUT2D eigenvalue weighted by molar-refractivity contribution is 0.531. The maximum absolute atomic E-state index is 11.7. The minimum absolute atomic E-state index is 0.0213. The second kappa shape index (κ2) is 4.01. The van der Waals surface area contributed by atoms with Crippen molar-refractivity contribution in [1.29, 1.82) is 0 Å². The van der Waals surface area contributed by atoms with Gasteiger partial charge in [-0.3, -0.25) is 4.79 Å². The molecule has 0 radical (unpaired) electrons. The first-order valence-corrected chi connectivity index (χ1v) is 6.67. The first kappa shape index (κ1) is 10.0. The maximum atomic E-state index is 11.7. The van der Waals surface area contributed by atoms with Crippen LogP contribution in [0, 0.1) is 5.92 Å². The fourth-order valence-corrected chi connectivity index (χ4v) is 3.23. The molecule has 0 saturated heterocycles. The van der Waals surface area contributed by atoms with Crippen LogP contribution in [0.15, 0.2) is 16.2 Å². The van der Waals surface area contributed by atoms with Gasteiger partial charge in [-0.15, -0.1) is 11.3 Å². The van der Waals surface area contributed by atoms with Crippen molar-refractivity contribution < 1.29 is 0 Å². The summed E-state index contributed by atoms with van der Waals surface area (Å²) in [4.78, 5) is 19.2. The van der Waals surface area contributed by atoms with Gasteiger partial charge >= 0.3 is 0 Å². The molecular weight excluding hydrogens is 220 g/mol. The van der Waals surface area contributed by atoms with Crippen LogP contribution in [-0.2, 0) is 6.42 Å². The average molecular weight is 234 g/mol. The molecule has 3 rings (SSSR count). The normalized spacial score (nSPS) is 17.2. The molecule has 2 aromatic heterocycles. The fraction of sp³-hybridized carbons (Fsp3) is 0.500. The van der Waals surface area contributed by atoms with Crippen LogP contribution in [0.2, 0.25) is 0 Å². The first-order valence-electron chi connectivity index (χ1n) is 5.79. The lowest BCUT2D eigenvalue weighted by Crippen LogP contribution is -2.12. The summed E-state index contributed by atoms with van der Waals surface area (Å²) in [7, 11) is 0. The molecule has 0 aromatic carbocycles. The molecule has 1 N–H and O–H groups in total. The molecule has 1 aliphatic rings. The summed E-state index contributed by atoms with van der Waals surface area (Å²) in [6.07, 6.45) is 6.16. The van der Waals surface area contributed by atoms with Gasteiger partial charge in [-0.25, -0.2) is 4.98 Å². The van der Waals surface area contributed by atoms with E-state index in [4.69, 9.17) is 0 Å².